The Morgan fingerprint density at radius 1 is 1.46 bits per heavy atom. The first-order valence-electron chi connectivity index (χ1n) is 7.19. The van der Waals surface area contributed by atoms with Crippen LogP contribution in [-0.2, 0) is 4.79 Å². The van der Waals surface area contributed by atoms with Crippen LogP contribution in [0.25, 0.3) is 10.9 Å². The zero-order valence-electron chi connectivity index (χ0n) is 12.6. The van der Waals surface area contributed by atoms with Gasteiger partial charge in [-0.25, -0.2) is 0 Å². The SMILES string of the molecule is Cl.O=C(O)[C@@H]1CCCN1COc1ccc([N+](=O)[O-])c2cccnc12. The molecule has 1 aliphatic heterocycles. The topological polar surface area (TPSA) is 106 Å². The van der Waals surface area contributed by atoms with E-state index < -0.39 is 16.9 Å². The number of ether oxygens (including phenoxy) is 1. The third-order valence-electron chi connectivity index (χ3n) is 3.94. The van der Waals surface area contributed by atoms with Crippen LogP contribution in [0.1, 0.15) is 12.8 Å². The van der Waals surface area contributed by atoms with Gasteiger partial charge in [-0.2, -0.15) is 0 Å². The van der Waals surface area contributed by atoms with Gasteiger partial charge < -0.3 is 9.84 Å². The predicted octanol–water partition coefficient (Wildman–Crippen LogP) is 2.45. The highest BCUT2D eigenvalue weighted by Crippen LogP contribution is 2.31. The molecule has 0 amide bonds. The maximum atomic E-state index is 11.2. The number of fused-ring (bicyclic) bond motifs is 1. The Morgan fingerprint density at radius 3 is 2.96 bits per heavy atom. The number of aliphatic carboxylic acids is 1. The van der Waals surface area contributed by atoms with Crippen LogP contribution >= 0.6 is 12.4 Å². The molecule has 1 N–H and O–H groups in total. The molecule has 8 nitrogen and oxygen atoms in total. The lowest BCUT2D eigenvalue weighted by molar-refractivity contribution is -0.383. The number of nitro groups is 1. The summed E-state index contributed by atoms with van der Waals surface area (Å²) in [4.78, 5) is 27.7. The zero-order valence-corrected chi connectivity index (χ0v) is 13.4. The smallest absolute Gasteiger partial charge is 0.321 e. The molecule has 0 radical (unpaired) electrons. The van der Waals surface area contributed by atoms with Crippen molar-refractivity contribution in [1.29, 1.82) is 0 Å². The highest BCUT2D eigenvalue weighted by atomic mass is 35.5. The first-order chi connectivity index (χ1) is 11.1. The lowest BCUT2D eigenvalue weighted by atomic mass is 10.1. The molecule has 9 heteroatoms. The van der Waals surface area contributed by atoms with E-state index in [1.54, 1.807) is 17.0 Å². The summed E-state index contributed by atoms with van der Waals surface area (Å²) in [6.45, 7) is 0.760. The van der Waals surface area contributed by atoms with Crippen LogP contribution < -0.4 is 4.74 Å². The molecule has 128 valence electrons. The van der Waals surface area contributed by atoms with Crippen LogP contribution in [0, 0.1) is 10.1 Å². The molecule has 3 rings (SSSR count). The van der Waals surface area contributed by atoms with E-state index in [2.05, 4.69) is 4.98 Å². The number of carboxylic acids is 1. The summed E-state index contributed by atoms with van der Waals surface area (Å²) < 4.78 is 5.70. The second-order valence-electron chi connectivity index (χ2n) is 5.32. The molecule has 1 aromatic heterocycles. The minimum atomic E-state index is -0.863. The number of carboxylic acid groups (broad SMARTS) is 1. The van der Waals surface area contributed by atoms with E-state index in [-0.39, 0.29) is 24.8 Å². The van der Waals surface area contributed by atoms with Gasteiger partial charge in [-0.3, -0.25) is 24.8 Å². The number of carbonyl (C=O) groups is 1. The van der Waals surface area contributed by atoms with Gasteiger partial charge in [0.15, 0.2) is 0 Å². The summed E-state index contributed by atoms with van der Waals surface area (Å²) in [5.41, 5.74) is 0.359. The fraction of sp³-hybridized carbons (Fsp3) is 0.333. The molecule has 1 saturated heterocycles. The predicted molar refractivity (Wildman–Crippen MR) is 88.5 cm³/mol. The zero-order chi connectivity index (χ0) is 16.4. The lowest BCUT2D eigenvalue weighted by Crippen LogP contribution is -2.38. The Bertz CT molecular complexity index is 770. The quantitative estimate of drug-likeness (QED) is 0.650. The van der Waals surface area contributed by atoms with E-state index in [0.717, 1.165) is 6.42 Å². The van der Waals surface area contributed by atoms with Gasteiger partial charge in [0.1, 0.15) is 24.0 Å². The van der Waals surface area contributed by atoms with E-state index in [9.17, 15) is 14.9 Å². The molecule has 2 heterocycles. The van der Waals surface area contributed by atoms with Crippen molar-refractivity contribution in [3.63, 3.8) is 0 Å². The number of rotatable bonds is 5. The Kier molecular flexibility index (Phi) is 5.53. The van der Waals surface area contributed by atoms with E-state index >= 15 is 0 Å². The molecular weight excluding hydrogens is 338 g/mol. The van der Waals surface area contributed by atoms with Crippen LogP contribution in [0.3, 0.4) is 0 Å². The van der Waals surface area contributed by atoms with Crippen LogP contribution in [0.4, 0.5) is 5.69 Å². The second kappa shape index (κ2) is 7.41. The van der Waals surface area contributed by atoms with Crippen LogP contribution in [-0.4, -0.2) is 45.2 Å². The van der Waals surface area contributed by atoms with E-state index in [1.165, 1.54) is 18.3 Å². The number of halogens is 1. The van der Waals surface area contributed by atoms with Gasteiger partial charge in [0.25, 0.3) is 5.69 Å². The number of hydrogen-bond donors (Lipinski definition) is 1. The summed E-state index contributed by atoms with van der Waals surface area (Å²) >= 11 is 0. The first kappa shape index (κ1) is 17.9. The minimum absolute atomic E-state index is 0. The third-order valence-corrected chi connectivity index (χ3v) is 3.94. The van der Waals surface area contributed by atoms with Crippen molar-refractivity contribution in [1.82, 2.24) is 9.88 Å². The van der Waals surface area contributed by atoms with Crippen molar-refractivity contribution in [2.75, 3.05) is 13.3 Å². The average Bonchev–Trinajstić information content (AvgIpc) is 3.01. The van der Waals surface area contributed by atoms with Crippen molar-refractivity contribution in [3.8, 4) is 5.75 Å². The Labute approximate surface area is 143 Å². The third kappa shape index (κ3) is 3.39. The van der Waals surface area contributed by atoms with Gasteiger partial charge in [-0.15, -0.1) is 12.4 Å². The molecule has 1 aromatic carbocycles. The normalized spacial score (nSPS) is 17.4. The molecule has 0 bridgehead atoms. The molecule has 0 spiro atoms. The molecule has 1 fully saturated rings. The molecule has 1 atom stereocenters. The monoisotopic (exact) mass is 353 g/mol. The van der Waals surface area contributed by atoms with Crippen molar-refractivity contribution < 1.29 is 19.6 Å². The van der Waals surface area contributed by atoms with Gasteiger partial charge in [-0.1, -0.05) is 0 Å². The molecule has 24 heavy (non-hydrogen) atoms. The summed E-state index contributed by atoms with van der Waals surface area (Å²) in [7, 11) is 0. The van der Waals surface area contributed by atoms with Crippen molar-refractivity contribution in [3.05, 3.63) is 40.6 Å². The van der Waals surface area contributed by atoms with E-state index in [4.69, 9.17) is 9.84 Å². The number of benzene rings is 1. The number of hydrogen-bond acceptors (Lipinski definition) is 6. The van der Waals surface area contributed by atoms with Gasteiger partial charge >= 0.3 is 5.97 Å². The van der Waals surface area contributed by atoms with Crippen LogP contribution in [0.5, 0.6) is 5.75 Å². The molecular formula is C15H16ClN3O5. The summed E-state index contributed by atoms with van der Waals surface area (Å²) in [5.74, 6) is -0.458. The highest BCUT2D eigenvalue weighted by Gasteiger charge is 2.30. The number of aromatic nitrogens is 1. The van der Waals surface area contributed by atoms with Crippen molar-refractivity contribution in [2.45, 2.75) is 18.9 Å². The minimum Gasteiger partial charge on any atom is -0.480 e. The number of pyridine rings is 1. The average molecular weight is 354 g/mol. The van der Waals surface area contributed by atoms with Gasteiger partial charge in [0, 0.05) is 18.8 Å². The molecule has 0 aliphatic carbocycles. The fourth-order valence-electron chi connectivity index (χ4n) is 2.82. The van der Waals surface area contributed by atoms with Gasteiger partial charge in [0.05, 0.1) is 10.3 Å². The number of likely N-dealkylation sites (tertiary alicyclic amines) is 1. The summed E-state index contributed by atoms with van der Waals surface area (Å²) in [6.07, 6.45) is 2.94. The molecule has 0 saturated carbocycles. The number of nitro benzene ring substituents is 1. The van der Waals surface area contributed by atoms with E-state index in [0.29, 0.717) is 29.6 Å². The molecule has 0 unspecified atom stereocenters. The van der Waals surface area contributed by atoms with Crippen LogP contribution in [0.15, 0.2) is 30.5 Å². The van der Waals surface area contributed by atoms with E-state index in [1.807, 2.05) is 0 Å². The highest BCUT2D eigenvalue weighted by molar-refractivity contribution is 5.92. The molecule has 2 aromatic rings. The van der Waals surface area contributed by atoms with Crippen LogP contribution in [0.2, 0.25) is 0 Å². The number of nitrogens with zero attached hydrogens (tertiary/aromatic N) is 3. The number of non-ortho nitro benzene ring substituents is 1. The first-order valence-corrected chi connectivity index (χ1v) is 7.19. The Morgan fingerprint density at radius 2 is 2.25 bits per heavy atom. The maximum absolute atomic E-state index is 11.2. The molecule has 1 aliphatic rings. The van der Waals surface area contributed by atoms with Crippen molar-refractivity contribution >= 4 is 35.0 Å². The Hall–Kier alpha value is -2.45. The second-order valence-corrected chi connectivity index (χ2v) is 5.32. The van der Waals surface area contributed by atoms with Crippen molar-refractivity contribution in [2.24, 2.45) is 0 Å². The Balaban J connectivity index is 0.00000208. The summed E-state index contributed by atoms with van der Waals surface area (Å²) in [6, 6.07) is 5.56. The largest absolute Gasteiger partial charge is 0.480 e. The standard InChI is InChI=1S/C15H15N3O5.ClH/c19-15(20)12-4-2-8-17(12)9-23-13-6-5-11(18(21)22)10-3-1-7-16-14(10)13;/h1,3,5-7,12H,2,4,8-9H2,(H,19,20);1H/t12-;/m0./s1. The fourth-order valence-corrected chi connectivity index (χ4v) is 2.82. The van der Waals surface area contributed by atoms with Gasteiger partial charge in [-0.05, 0) is 31.0 Å². The lowest BCUT2D eigenvalue weighted by Gasteiger charge is -2.21. The van der Waals surface area contributed by atoms with Gasteiger partial charge in [0.2, 0.25) is 0 Å². The summed E-state index contributed by atoms with van der Waals surface area (Å²) in [5, 5.41) is 20.6. The maximum Gasteiger partial charge on any atom is 0.321 e.